The summed E-state index contributed by atoms with van der Waals surface area (Å²) >= 11 is 0. The number of benzene rings is 1. The number of esters is 1. The third-order valence-electron chi connectivity index (χ3n) is 2.28. The summed E-state index contributed by atoms with van der Waals surface area (Å²) < 4.78 is 44.2. The van der Waals surface area contributed by atoms with Crippen molar-refractivity contribution in [3.05, 3.63) is 35.1 Å². The lowest BCUT2D eigenvalue weighted by Gasteiger charge is -2.17. The van der Waals surface area contributed by atoms with Crippen LogP contribution in [0.1, 0.15) is 25.5 Å². The maximum atomic E-state index is 13.6. The van der Waals surface area contributed by atoms with Crippen molar-refractivity contribution in [1.29, 1.82) is 0 Å². The van der Waals surface area contributed by atoms with Gasteiger partial charge >= 0.3 is 5.97 Å². The van der Waals surface area contributed by atoms with Gasteiger partial charge in [0.05, 0.1) is 6.61 Å². The molecule has 0 aliphatic carbocycles. The number of hydrogen-bond acceptors (Lipinski definition) is 3. The fraction of sp³-hybridized carbons (Fsp3) is 0.417. The lowest BCUT2D eigenvalue weighted by Crippen LogP contribution is -2.31. The SMILES string of the molecule is CCNC(C(=O)OCC)c1cc(F)c(F)cc1F. The largest absolute Gasteiger partial charge is 0.465 e. The van der Waals surface area contributed by atoms with Crippen LogP contribution in [-0.2, 0) is 9.53 Å². The summed E-state index contributed by atoms with van der Waals surface area (Å²) in [7, 11) is 0. The molecule has 0 spiro atoms. The van der Waals surface area contributed by atoms with E-state index in [2.05, 4.69) is 5.32 Å². The molecule has 0 bridgehead atoms. The topological polar surface area (TPSA) is 38.3 Å². The Morgan fingerprint density at radius 1 is 1.22 bits per heavy atom. The molecule has 0 saturated carbocycles. The first-order valence-electron chi connectivity index (χ1n) is 5.55. The molecular formula is C12H14F3NO2. The third-order valence-corrected chi connectivity index (χ3v) is 2.28. The molecule has 3 nitrogen and oxygen atoms in total. The molecule has 0 fully saturated rings. The minimum Gasteiger partial charge on any atom is -0.465 e. The fourth-order valence-corrected chi connectivity index (χ4v) is 1.51. The molecule has 1 rings (SSSR count). The van der Waals surface area contributed by atoms with Gasteiger partial charge in [0.1, 0.15) is 11.9 Å². The van der Waals surface area contributed by atoms with Crippen LogP contribution in [0, 0.1) is 17.5 Å². The van der Waals surface area contributed by atoms with Crippen LogP contribution < -0.4 is 5.32 Å². The van der Waals surface area contributed by atoms with Crippen molar-refractivity contribution in [3.63, 3.8) is 0 Å². The summed E-state index contributed by atoms with van der Waals surface area (Å²) in [5.74, 6) is -4.23. The Morgan fingerprint density at radius 3 is 2.39 bits per heavy atom. The Bertz CT molecular complexity index is 438. The van der Waals surface area contributed by atoms with Gasteiger partial charge in [-0.3, -0.25) is 0 Å². The van der Waals surface area contributed by atoms with Crippen molar-refractivity contribution in [2.45, 2.75) is 19.9 Å². The summed E-state index contributed by atoms with van der Waals surface area (Å²) in [5, 5.41) is 2.67. The van der Waals surface area contributed by atoms with E-state index in [1.807, 2.05) is 0 Å². The van der Waals surface area contributed by atoms with Gasteiger partial charge in [-0.05, 0) is 19.5 Å². The van der Waals surface area contributed by atoms with Crippen molar-refractivity contribution in [2.24, 2.45) is 0 Å². The molecule has 0 heterocycles. The number of likely N-dealkylation sites (N-methyl/N-ethyl adjacent to an activating group) is 1. The monoisotopic (exact) mass is 261 g/mol. The van der Waals surface area contributed by atoms with Crippen molar-refractivity contribution in [1.82, 2.24) is 5.32 Å². The van der Waals surface area contributed by atoms with Gasteiger partial charge in [-0.2, -0.15) is 0 Å². The number of nitrogens with one attached hydrogen (secondary N) is 1. The average Bonchev–Trinajstić information content (AvgIpc) is 2.31. The fourth-order valence-electron chi connectivity index (χ4n) is 1.51. The molecule has 1 unspecified atom stereocenters. The van der Waals surface area contributed by atoms with Gasteiger partial charge < -0.3 is 10.1 Å². The maximum absolute atomic E-state index is 13.6. The van der Waals surface area contributed by atoms with Gasteiger partial charge in [0, 0.05) is 11.6 Å². The summed E-state index contributed by atoms with van der Waals surface area (Å²) in [6, 6.07) is -0.0755. The number of hydrogen-bond donors (Lipinski definition) is 1. The Balaban J connectivity index is 3.12. The van der Waals surface area contributed by atoms with E-state index in [9.17, 15) is 18.0 Å². The van der Waals surface area contributed by atoms with Crippen LogP contribution >= 0.6 is 0 Å². The van der Waals surface area contributed by atoms with E-state index < -0.39 is 29.5 Å². The highest BCUT2D eigenvalue weighted by atomic mass is 19.2. The average molecular weight is 261 g/mol. The number of carbonyl (C=O) groups excluding carboxylic acids is 1. The molecule has 1 atom stereocenters. The first kappa shape index (κ1) is 14.5. The number of rotatable bonds is 5. The van der Waals surface area contributed by atoms with Gasteiger partial charge in [-0.15, -0.1) is 0 Å². The normalized spacial score (nSPS) is 12.3. The van der Waals surface area contributed by atoms with Gasteiger partial charge in [-0.25, -0.2) is 18.0 Å². The van der Waals surface area contributed by atoms with Crippen molar-refractivity contribution >= 4 is 5.97 Å². The zero-order valence-electron chi connectivity index (χ0n) is 10.1. The summed E-state index contributed by atoms with van der Waals surface area (Å²) in [5.41, 5.74) is -0.269. The van der Waals surface area contributed by atoms with Crippen LogP contribution in [0.2, 0.25) is 0 Å². The molecule has 0 aliphatic rings. The Kier molecular flexibility index (Phi) is 5.15. The van der Waals surface area contributed by atoms with Crippen molar-refractivity contribution in [2.75, 3.05) is 13.2 Å². The van der Waals surface area contributed by atoms with Crippen LogP contribution in [0.5, 0.6) is 0 Å². The smallest absolute Gasteiger partial charge is 0.327 e. The number of ether oxygens (including phenoxy) is 1. The van der Waals surface area contributed by atoms with Crippen molar-refractivity contribution in [3.8, 4) is 0 Å². The van der Waals surface area contributed by atoms with E-state index in [1.54, 1.807) is 13.8 Å². The number of carbonyl (C=O) groups is 1. The molecule has 1 N–H and O–H groups in total. The Morgan fingerprint density at radius 2 is 1.83 bits per heavy atom. The van der Waals surface area contributed by atoms with E-state index >= 15 is 0 Å². The molecule has 0 saturated heterocycles. The van der Waals surface area contributed by atoms with Crippen LogP contribution in [0.25, 0.3) is 0 Å². The second-order valence-electron chi connectivity index (χ2n) is 3.53. The van der Waals surface area contributed by atoms with E-state index in [0.717, 1.165) is 0 Å². The highest BCUT2D eigenvalue weighted by molar-refractivity contribution is 5.77. The van der Waals surface area contributed by atoms with Gasteiger partial charge in [0.2, 0.25) is 0 Å². The van der Waals surface area contributed by atoms with Crippen molar-refractivity contribution < 1.29 is 22.7 Å². The highest BCUT2D eigenvalue weighted by Gasteiger charge is 2.25. The van der Waals surface area contributed by atoms with E-state index in [1.165, 1.54) is 0 Å². The van der Waals surface area contributed by atoms with E-state index in [4.69, 9.17) is 4.74 Å². The zero-order chi connectivity index (χ0) is 13.7. The van der Waals surface area contributed by atoms with E-state index in [0.29, 0.717) is 18.7 Å². The second-order valence-corrected chi connectivity index (χ2v) is 3.53. The molecule has 0 radical (unpaired) electrons. The molecule has 0 aliphatic heterocycles. The predicted octanol–water partition coefficient (Wildman–Crippen LogP) is 2.32. The van der Waals surface area contributed by atoms with Gasteiger partial charge in [0.25, 0.3) is 0 Å². The first-order valence-corrected chi connectivity index (χ1v) is 5.55. The van der Waals surface area contributed by atoms with Gasteiger partial charge in [0.15, 0.2) is 11.6 Å². The number of halogens is 3. The molecular weight excluding hydrogens is 247 g/mol. The lowest BCUT2D eigenvalue weighted by molar-refractivity contribution is -0.145. The van der Waals surface area contributed by atoms with Gasteiger partial charge in [-0.1, -0.05) is 6.92 Å². The molecule has 6 heteroatoms. The third kappa shape index (κ3) is 3.22. The van der Waals surface area contributed by atoms with E-state index in [-0.39, 0.29) is 12.2 Å². The quantitative estimate of drug-likeness (QED) is 0.653. The molecule has 18 heavy (non-hydrogen) atoms. The molecule has 1 aromatic rings. The zero-order valence-corrected chi connectivity index (χ0v) is 10.1. The standard InChI is InChI=1S/C12H14F3NO2/c1-3-16-11(12(17)18-4-2)7-5-9(14)10(15)6-8(7)13/h5-6,11,16H,3-4H2,1-2H3. The summed E-state index contributed by atoms with van der Waals surface area (Å²) in [4.78, 5) is 11.6. The maximum Gasteiger partial charge on any atom is 0.327 e. The van der Waals surface area contributed by atoms with Crippen LogP contribution in [0.3, 0.4) is 0 Å². The molecule has 100 valence electrons. The molecule has 1 aromatic carbocycles. The lowest BCUT2D eigenvalue weighted by atomic mass is 10.1. The predicted molar refractivity (Wildman–Crippen MR) is 59.4 cm³/mol. The summed E-state index contributed by atoms with van der Waals surface area (Å²) in [6.45, 7) is 3.76. The van der Waals surface area contributed by atoms with Crippen LogP contribution in [0.4, 0.5) is 13.2 Å². The highest BCUT2D eigenvalue weighted by Crippen LogP contribution is 2.21. The van der Waals surface area contributed by atoms with Crippen LogP contribution in [-0.4, -0.2) is 19.1 Å². The molecule has 0 aromatic heterocycles. The second kappa shape index (κ2) is 6.39. The minimum absolute atomic E-state index is 0.117. The Labute approximate surface area is 103 Å². The first-order chi connectivity index (χ1) is 8.51. The minimum atomic E-state index is -1.30. The summed E-state index contributed by atoms with van der Waals surface area (Å²) in [6.07, 6.45) is 0. The molecule has 0 amide bonds. The Hall–Kier alpha value is -1.56. The van der Waals surface area contributed by atoms with Crippen LogP contribution in [0.15, 0.2) is 12.1 Å².